The zero-order chi connectivity index (χ0) is 31.5. The number of ether oxygens (including phenoxy) is 2. The number of rotatable bonds is 7. The molecule has 4 aliphatic rings. The van der Waals surface area contributed by atoms with E-state index >= 15 is 0 Å². The molecule has 7 rings (SSSR count). The molecule has 1 aliphatic carbocycles. The van der Waals surface area contributed by atoms with Gasteiger partial charge in [0.25, 0.3) is 11.8 Å². The van der Waals surface area contributed by atoms with Crippen molar-refractivity contribution in [1.29, 1.82) is 0 Å². The Bertz CT molecular complexity index is 1740. The maximum Gasteiger partial charge on any atom is 0.423 e. The summed E-state index contributed by atoms with van der Waals surface area (Å²) in [4.78, 5) is 42.4. The molecule has 1 spiro atoms. The van der Waals surface area contributed by atoms with E-state index < -0.39 is 23.2 Å². The molecule has 0 bridgehead atoms. The van der Waals surface area contributed by atoms with Gasteiger partial charge >= 0.3 is 6.18 Å². The summed E-state index contributed by atoms with van der Waals surface area (Å²) >= 11 is 0. The van der Waals surface area contributed by atoms with Crippen LogP contribution in [0.25, 0.3) is 0 Å². The van der Waals surface area contributed by atoms with Gasteiger partial charge in [-0.2, -0.15) is 18.2 Å². The number of methoxy groups -OCH3 is 1. The van der Waals surface area contributed by atoms with Crippen LogP contribution in [0.5, 0.6) is 17.4 Å². The van der Waals surface area contributed by atoms with Crippen LogP contribution in [-0.4, -0.2) is 77.3 Å². The molecule has 3 aliphatic heterocycles. The van der Waals surface area contributed by atoms with E-state index in [1.165, 1.54) is 19.2 Å². The second-order valence-electron chi connectivity index (χ2n) is 11.6. The van der Waals surface area contributed by atoms with Gasteiger partial charge in [-0.05, 0) is 49.1 Å². The molecule has 1 saturated heterocycles. The zero-order valence-electron chi connectivity index (χ0n) is 24.6. The summed E-state index contributed by atoms with van der Waals surface area (Å²) in [6, 6.07) is 9.55. The van der Waals surface area contributed by atoms with Crippen molar-refractivity contribution < 1.29 is 32.2 Å². The largest absolute Gasteiger partial charge is 0.495 e. The van der Waals surface area contributed by atoms with Crippen LogP contribution >= 0.6 is 0 Å². The molecule has 0 radical (unpaired) electrons. The van der Waals surface area contributed by atoms with Crippen molar-refractivity contribution in [1.82, 2.24) is 25.1 Å². The van der Waals surface area contributed by atoms with Gasteiger partial charge in [0, 0.05) is 44.4 Å². The smallest absolute Gasteiger partial charge is 0.423 e. The van der Waals surface area contributed by atoms with Crippen molar-refractivity contribution in [3.05, 3.63) is 64.8 Å². The van der Waals surface area contributed by atoms with E-state index in [1.54, 1.807) is 36.2 Å². The van der Waals surface area contributed by atoms with Crippen LogP contribution in [-0.2, 0) is 11.7 Å². The van der Waals surface area contributed by atoms with Gasteiger partial charge in [-0.1, -0.05) is 12.1 Å². The predicted molar refractivity (Wildman–Crippen MR) is 157 cm³/mol. The predicted octanol–water partition coefficient (Wildman–Crippen LogP) is 4.72. The summed E-state index contributed by atoms with van der Waals surface area (Å²) in [5.74, 6) is -0.283. The van der Waals surface area contributed by atoms with Gasteiger partial charge in [-0.3, -0.25) is 14.6 Å². The van der Waals surface area contributed by atoms with Gasteiger partial charge in [-0.25, -0.2) is 4.98 Å². The Kier molecular flexibility index (Phi) is 6.82. The third-order valence-electron chi connectivity index (χ3n) is 8.93. The first-order valence-corrected chi connectivity index (χ1v) is 14.7. The standard InChI is InChI=1S/C31H30F3N7O4/c1-40-28(43)25-19(30(40)9-10-30)4-3-5-22(25)45-27-20(31(32,33)34)16-36-29(39-27)38-21-7-6-17(14-23(21)44-2)26(42)37-18-8-12-41-13-11-35-24(41)15-18/h3-7,14,16,18H,8-13,15H2,1-2H3,(H,37,42)(H,36,38,39). The SMILES string of the molecule is COc1cc(C(=O)NC2CCN3CCN=C3C2)ccc1Nc1ncc(C(F)(F)F)c(Oc2cccc3c2C(=O)N(C)C32CC2)n1. The van der Waals surface area contributed by atoms with Crippen LogP contribution in [0.4, 0.5) is 24.8 Å². The van der Waals surface area contributed by atoms with Gasteiger partial charge in [-0.15, -0.1) is 0 Å². The van der Waals surface area contributed by atoms with E-state index in [9.17, 15) is 22.8 Å². The Morgan fingerprint density at radius 3 is 2.71 bits per heavy atom. The Hall–Kier alpha value is -4.88. The monoisotopic (exact) mass is 621 g/mol. The number of halogens is 3. The van der Waals surface area contributed by atoms with Crippen molar-refractivity contribution >= 4 is 29.3 Å². The summed E-state index contributed by atoms with van der Waals surface area (Å²) in [6.07, 6.45) is -1.16. The number of amidine groups is 1. The molecule has 3 aromatic rings. The fourth-order valence-corrected chi connectivity index (χ4v) is 6.34. The molecule has 45 heavy (non-hydrogen) atoms. The molecular weight excluding hydrogens is 591 g/mol. The normalized spacial score (nSPS) is 19.6. The lowest BCUT2D eigenvalue weighted by atomic mass is 10.0. The third-order valence-corrected chi connectivity index (χ3v) is 8.93. The molecule has 2 N–H and O–H groups in total. The minimum absolute atomic E-state index is 0.0121. The topological polar surface area (TPSA) is 121 Å². The van der Waals surface area contributed by atoms with Crippen molar-refractivity contribution in [3.63, 3.8) is 0 Å². The minimum atomic E-state index is -4.82. The number of carbonyl (C=O) groups is 2. The maximum atomic E-state index is 14.0. The summed E-state index contributed by atoms with van der Waals surface area (Å²) in [6.45, 7) is 2.55. The van der Waals surface area contributed by atoms with E-state index in [4.69, 9.17) is 9.47 Å². The highest BCUT2D eigenvalue weighted by atomic mass is 19.4. The Morgan fingerprint density at radius 2 is 1.96 bits per heavy atom. The van der Waals surface area contributed by atoms with E-state index in [0.717, 1.165) is 50.3 Å². The quantitative estimate of drug-likeness (QED) is 0.389. The number of hydrogen-bond donors (Lipinski definition) is 2. The third kappa shape index (κ3) is 5.07. The Labute approximate surface area is 256 Å². The molecule has 2 amide bonds. The highest BCUT2D eigenvalue weighted by Gasteiger charge is 2.57. The van der Waals surface area contributed by atoms with Gasteiger partial charge in [0.05, 0.1) is 30.4 Å². The molecule has 1 atom stereocenters. The van der Waals surface area contributed by atoms with E-state index in [2.05, 4.69) is 30.5 Å². The highest BCUT2D eigenvalue weighted by Crippen LogP contribution is 2.57. The molecule has 11 nitrogen and oxygen atoms in total. The molecule has 1 aromatic heterocycles. The number of aliphatic imine (C=N–C) groups is 1. The van der Waals surface area contributed by atoms with Crippen LogP contribution in [0.1, 0.15) is 57.5 Å². The van der Waals surface area contributed by atoms with Crippen LogP contribution in [0, 0.1) is 0 Å². The molecule has 234 valence electrons. The first kappa shape index (κ1) is 28.9. The molecule has 2 aromatic carbocycles. The number of carbonyl (C=O) groups excluding carboxylic acids is 2. The summed E-state index contributed by atoms with van der Waals surface area (Å²) < 4.78 is 53.2. The Morgan fingerprint density at radius 1 is 1.13 bits per heavy atom. The van der Waals surface area contributed by atoms with E-state index in [-0.39, 0.29) is 40.9 Å². The fourth-order valence-electron chi connectivity index (χ4n) is 6.34. The molecular formula is C31H30F3N7O4. The number of nitrogens with zero attached hydrogens (tertiary/aromatic N) is 5. The molecule has 2 fully saturated rings. The molecule has 1 saturated carbocycles. The lowest BCUT2D eigenvalue weighted by molar-refractivity contribution is -0.139. The number of hydrogen-bond acceptors (Lipinski definition) is 9. The van der Waals surface area contributed by atoms with Crippen LogP contribution in [0.2, 0.25) is 0 Å². The minimum Gasteiger partial charge on any atom is -0.495 e. The second-order valence-corrected chi connectivity index (χ2v) is 11.6. The molecule has 4 heterocycles. The number of amides is 2. The summed E-state index contributed by atoms with van der Waals surface area (Å²) in [5.41, 5.74) is 0.0158. The fraction of sp³-hybridized carbons (Fsp3) is 0.387. The average Bonchev–Trinajstić information content (AvgIpc) is 3.64. The molecule has 1 unspecified atom stereocenters. The number of piperidine rings is 1. The number of benzene rings is 2. The van der Waals surface area contributed by atoms with Crippen LogP contribution in [0.15, 0.2) is 47.6 Å². The number of fused-ring (bicyclic) bond motifs is 3. The Balaban J connectivity index is 1.13. The van der Waals surface area contributed by atoms with E-state index in [1.807, 2.05) is 0 Å². The van der Waals surface area contributed by atoms with Crippen molar-refractivity contribution in [2.45, 2.75) is 43.4 Å². The molecule has 14 heteroatoms. The van der Waals surface area contributed by atoms with Gasteiger partial charge in [0.1, 0.15) is 22.9 Å². The number of anilines is 2. The van der Waals surface area contributed by atoms with Crippen molar-refractivity contribution in [2.24, 2.45) is 4.99 Å². The summed E-state index contributed by atoms with van der Waals surface area (Å²) in [5, 5.41) is 5.92. The number of nitrogens with one attached hydrogen (secondary N) is 2. The van der Waals surface area contributed by atoms with Crippen molar-refractivity contribution in [3.8, 4) is 17.4 Å². The van der Waals surface area contributed by atoms with Crippen LogP contribution in [0.3, 0.4) is 0 Å². The number of aromatic nitrogens is 2. The lowest BCUT2D eigenvalue weighted by Crippen LogP contribution is -2.46. The average molecular weight is 622 g/mol. The number of alkyl halides is 3. The first-order valence-electron chi connectivity index (χ1n) is 14.7. The summed E-state index contributed by atoms with van der Waals surface area (Å²) in [7, 11) is 3.10. The zero-order valence-corrected chi connectivity index (χ0v) is 24.6. The van der Waals surface area contributed by atoms with Gasteiger partial charge < -0.3 is 29.9 Å². The van der Waals surface area contributed by atoms with Crippen molar-refractivity contribution in [2.75, 3.05) is 39.1 Å². The second kappa shape index (κ2) is 10.6. The first-order chi connectivity index (χ1) is 21.6. The van der Waals surface area contributed by atoms with Crippen LogP contribution < -0.4 is 20.1 Å². The van der Waals surface area contributed by atoms with Gasteiger partial charge in [0.2, 0.25) is 11.8 Å². The van der Waals surface area contributed by atoms with E-state index in [0.29, 0.717) is 23.9 Å². The lowest BCUT2D eigenvalue weighted by Gasteiger charge is -2.31. The van der Waals surface area contributed by atoms with Gasteiger partial charge in [0.15, 0.2) is 0 Å². The highest BCUT2D eigenvalue weighted by molar-refractivity contribution is 6.03. The maximum absolute atomic E-state index is 14.0.